The zero-order chi connectivity index (χ0) is 14.5. The Labute approximate surface area is 122 Å². The minimum atomic E-state index is 0.722. The maximum Gasteiger partial charge on any atom is 0.111 e. The molecule has 0 aliphatic rings. The summed E-state index contributed by atoms with van der Waals surface area (Å²) >= 11 is 0. The summed E-state index contributed by atoms with van der Waals surface area (Å²) in [6.45, 7) is 11.9. The van der Waals surface area contributed by atoms with Crippen LogP contribution in [-0.4, -0.2) is 22.6 Å². The van der Waals surface area contributed by atoms with Crippen LogP contribution >= 0.6 is 0 Å². The molecule has 1 heterocycles. The zero-order valence-electron chi connectivity index (χ0n) is 13.2. The molecule has 0 radical (unpaired) electrons. The molecule has 0 amide bonds. The lowest BCUT2D eigenvalue weighted by Gasteiger charge is -2.11. The van der Waals surface area contributed by atoms with Crippen LogP contribution in [0, 0.1) is 12.8 Å². The van der Waals surface area contributed by atoms with Crippen LogP contribution < -0.4 is 5.32 Å². The molecular weight excluding hydrogens is 246 g/mol. The number of likely N-dealkylation sites (N-methyl/N-ethyl adjacent to an activating group) is 1. The van der Waals surface area contributed by atoms with Crippen LogP contribution in [0.15, 0.2) is 18.2 Å². The number of hydrogen-bond donors (Lipinski definition) is 1. The van der Waals surface area contributed by atoms with Gasteiger partial charge in [-0.2, -0.15) is 0 Å². The molecule has 0 aliphatic carbocycles. The second-order valence-electron chi connectivity index (χ2n) is 5.96. The van der Waals surface area contributed by atoms with Crippen molar-refractivity contribution in [2.24, 2.45) is 5.92 Å². The summed E-state index contributed by atoms with van der Waals surface area (Å²) in [4.78, 5) is 4.85. The fourth-order valence-electron chi connectivity index (χ4n) is 2.49. The maximum absolute atomic E-state index is 4.85. The average Bonchev–Trinajstić information content (AvgIpc) is 2.73. The van der Waals surface area contributed by atoms with E-state index in [-0.39, 0.29) is 0 Å². The Morgan fingerprint density at radius 2 is 2.10 bits per heavy atom. The molecule has 0 saturated heterocycles. The third-order valence-corrected chi connectivity index (χ3v) is 3.69. The molecule has 1 N–H and O–H groups in total. The Morgan fingerprint density at radius 1 is 1.30 bits per heavy atom. The van der Waals surface area contributed by atoms with Gasteiger partial charge in [0.05, 0.1) is 11.0 Å². The molecule has 0 unspecified atom stereocenters. The average molecular weight is 273 g/mol. The highest BCUT2D eigenvalue weighted by Crippen LogP contribution is 2.19. The fourth-order valence-corrected chi connectivity index (χ4v) is 2.49. The van der Waals surface area contributed by atoms with Gasteiger partial charge in [0.25, 0.3) is 0 Å². The number of fused-ring (bicyclic) bond motifs is 1. The summed E-state index contributed by atoms with van der Waals surface area (Å²) in [7, 11) is 0. The number of aryl methyl sites for hydroxylation is 2. The summed E-state index contributed by atoms with van der Waals surface area (Å²) in [5, 5.41) is 3.39. The normalized spacial score (nSPS) is 11.7. The van der Waals surface area contributed by atoms with Gasteiger partial charge in [0.2, 0.25) is 0 Å². The molecule has 3 nitrogen and oxygen atoms in total. The lowest BCUT2D eigenvalue weighted by molar-refractivity contribution is 0.509. The van der Waals surface area contributed by atoms with Gasteiger partial charge in [-0.3, -0.25) is 0 Å². The molecule has 110 valence electrons. The molecule has 0 spiro atoms. The number of imidazole rings is 1. The van der Waals surface area contributed by atoms with Gasteiger partial charge in [-0.25, -0.2) is 4.98 Å². The molecule has 0 bridgehead atoms. The first-order chi connectivity index (χ1) is 9.61. The van der Waals surface area contributed by atoms with Crippen LogP contribution in [0.2, 0.25) is 0 Å². The van der Waals surface area contributed by atoms with Gasteiger partial charge in [0.1, 0.15) is 5.82 Å². The molecule has 1 aromatic carbocycles. The minimum absolute atomic E-state index is 0.722. The van der Waals surface area contributed by atoms with Gasteiger partial charge in [-0.1, -0.05) is 26.8 Å². The van der Waals surface area contributed by atoms with Crippen LogP contribution in [0.5, 0.6) is 0 Å². The van der Waals surface area contributed by atoms with Crippen molar-refractivity contribution in [1.82, 2.24) is 14.9 Å². The van der Waals surface area contributed by atoms with E-state index in [1.165, 1.54) is 23.3 Å². The first kappa shape index (κ1) is 15.0. The second-order valence-corrected chi connectivity index (χ2v) is 5.96. The van der Waals surface area contributed by atoms with Crippen molar-refractivity contribution < 1.29 is 0 Å². The van der Waals surface area contributed by atoms with Crippen molar-refractivity contribution in [2.75, 3.05) is 13.1 Å². The van der Waals surface area contributed by atoms with Gasteiger partial charge in [-0.15, -0.1) is 0 Å². The molecule has 0 atom stereocenters. The first-order valence-electron chi connectivity index (χ1n) is 7.78. The van der Waals surface area contributed by atoms with Crippen molar-refractivity contribution in [2.45, 2.75) is 47.1 Å². The van der Waals surface area contributed by atoms with E-state index in [4.69, 9.17) is 4.98 Å². The van der Waals surface area contributed by atoms with Gasteiger partial charge in [-0.05, 0) is 43.5 Å². The SMILES string of the molecule is CCNCCc1nc2cc(C)ccc2n1CCC(C)C. The second kappa shape index (κ2) is 6.89. The first-order valence-corrected chi connectivity index (χ1v) is 7.78. The number of hydrogen-bond acceptors (Lipinski definition) is 2. The van der Waals surface area contributed by atoms with Crippen molar-refractivity contribution >= 4 is 11.0 Å². The molecule has 0 saturated carbocycles. The maximum atomic E-state index is 4.85. The van der Waals surface area contributed by atoms with Crippen molar-refractivity contribution in [3.8, 4) is 0 Å². The van der Waals surface area contributed by atoms with E-state index in [1.54, 1.807) is 0 Å². The molecule has 3 heteroatoms. The Hall–Kier alpha value is -1.35. The Kier molecular flexibility index (Phi) is 5.18. The quantitative estimate of drug-likeness (QED) is 0.782. The summed E-state index contributed by atoms with van der Waals surface area (Å²) < 4.78 is 2.41. The molecule has 2 rings (SSSR count). The van der Waals surface area contributed by atoms with Crippen LogP contribution in [0.3, 0.4) is 0 Å². The zero-order valence-corrected chi connectivity index (χ0v) is 13.2. The minimum Gasteiger partial charge on any atom is -0.328 e. The van der Waals surface area contributed by atoms with Crippen LogP contribution in [0.4, 0.5) is 0 Å². The highest BCUT2D eigenvalue weighted by Gasteiger charge is 2.10. The van der Waals surface area contributed by atoms with E-state index in [0.717, 1.165) is 37.5 Å². The third-order valence-electron chi connectivity index (χ3n) is 3.69. The molecule has 1 aromatic heterocycles. The largest absolute Gasteiger partial charge is 0.328 e. The van der Waals surface area contributed by atoms with Gasteiger partial charge in [0.15, 0.2) is 0 Å². The van der Waals surface area contributed by atoms with Crippen LogP contribution in [0.25, 0.3) is 11.0 Å². The highest BCUT2D eigenvalue weighted by molar-refractivity contribution is 5.76. The number of nitrogens with one attached hydrogen (secondary N) is 1. The Bertz CT molecular complexity index is 555. The monoisotopic (exact) mass is 273 g/mol. The van der Waals surface area contributed by atoms with E-state index in [1.807, 2.05) is 0 Å². The van der Waals surface area contributed by atoms with E-state index in [2.05, 4.69) is 55.8 Å². The number of rotatable bonds is 7. The van der Waals surface area contributed by atoms with Crippen LogP contribution in [0.1, 0.15) is 38.6 Å². The number of aromatic nitrogens is 2. The molecule has 2 aromatic rings. The van der Waals surface area contributed by atoms with E-state index >= 15 is 0 Å². The van der Waals surface area contributed by atoms with E-state index < -0.39 is 0 Å². The van der Waals surface area contributed by atoms with E-state index in [0.29, 0.717) is 0 Å². The predicted molar refractivity (Wildman–Crippen MR) is 86.2 cm³/mol. The topological polar surface area (TPSA) is 29.9 Å². The molecule has 0 fully saturated rings. The van der Waals surface area contributed by atoms with Crippen molar-refractivity contribution in [3.05, 3.63) is 29.6 Å². The van der Waals surface area contributed by atoms with E-state index in [9.17, 15) is 0 Å². The van der Waals surface area contributed by atoms with Gasteiger partial charge >= 0.3 is 0 Å². The predicted octanol–water partition coefficient (Wildman–Crippen LogP) is 3.54. The van der Waals surface area contributed by atoms with Crippen molar-refractivity contribution in [1.29, 1.82) is 0 Å². The highest BCUT2D eigenvalue weighted by atomic mass is 15.1. The molecule has 0 aliphatic heterocycles. The fraction of sp³-hybridized carbons (Fsp3) is 0.588. The lowest BCUT2D eigenvalue weighted by atomic mass is 10.1. The van der Waals surface area contributed by atoms with Crippen molar-refractivity contribution in [3.63, 3.8) is 0 Å². The van der Waals surface area contributed by atoms with Crippen LogP contribution in [-0.2, 0) is 13.0 Å². The summed E-state index contributed by atoms with van der Waals surface area (Å²) in [5.74, 6) is 1.94. The summed E-state index contributed by atoms with van der Waals surface area (Å²) in [5.41, 5.74) is 3.70. The van der Waals surface area contributed by atoms with Gasteiger partial charge in [0, 0.05) is 19.5 Å². The lowest BCUT2D eigenvalue weighted by Crippen LogP contribution is -2.18. The smallest absolute Gasteiger partial charge is 0.111 e. The summed E-state index contributed by atoms with van der Waals surface area (Å²) in [6, 6.07) is 6.59. The molecule has 20 heavy (non-hydrogen) atoms. The van der Waals surface area contributed by atoms with Gasteiger partial charge < -0.3 is 9.88 Å². The Morgan fingerprint density at radius 3 is 2.80 bits per heavy atom. The Balaban J connectivity index is 2.29. The third kappa shape index (κ3) is 3.60. The standard InChI is InChI=1S/C17H27N3/c1-5-18-10-8-17-19-15-12-14(4)6-7-16(15)20(17)11-9-13(2)3/h6-7,12-13,18H,5,8-11H2,1-4H3. The summed E-state index contributed by atoms with van der Waals surface area (Å²) in [6.07, 6.45) is 2.20. The molecular formula is C17H27N3. The number of benzene rings is 1. The number of nitrogens with zero attached hydrogens (tertiary/aromatic N) is 2.